The highest BCUT2D eigenvalue weighted by molar-refractivity contribution is 7.58. The second kappa shape index (κ2) is 10.9. The van der Waals surface area contributed by atoms with Crippen LogP contribution in [0.3, 0.4) is 0 Å². The number of hydrogen-bond acceptors (Lipinski definition) is 11. The van der Waals surface area contributed by atoms with E-state index in [9.17, 15) is 19.3 Å². The van der Waals surface area contributed by atoms with Crippen LogP contribution in [0.25, 0.3) is 0 Å². The lowest BCUT2D eigenvalue weighted by molar-refractivity contribution is -0.147. The van der Waals surface area contributed by atoms with Crippen LogP contribution in [-0.4, -0.2) is 65.1 Å². The van der Waals surface area contributed by atoms with E-state index < -0.39 is 43.5 Å². The van der Waals surface area contributed by atoms with Crippen LogP contribution in [0.4, 0.5) is 0 Å². The van der Waals surface area contributed by atoms with Gasteiger partial charge in [0.25, 0.3) is 5.91 Å². The highest BCUT2D eigenvalue weighted by Gasteiger charge is 2.58. The summed E-state index contributed by atoms with van der Waals surface area (Å²) in [5.41, 5.74) is -0.300. The van der Waals surface area contributed by atoms with E-state index in [1.807, 2.05) is 0 Å². The van der Waals surface area contributed by atoms with Crippen molar-refractivity contribution in [2.75, 3.05) is 20.3 Å². The molecule has 1 aliphatic heterocycles. The Morgan fingerprint density at radius 2 is 2.13 bits per heavy atom. The molecule has 0 aromatic carbocycles. The lowest BCUT2D eigenvalue weighted by atomic mass is 9.87. The van der Waals surface area contributed by atoms with Crippen LogP contribution in [0, 0.1) is 5.41 Å². The molecule has 13 heteroatoms. The van der Waals surface area contributed by atoms with Crippen molar-refractivity contribution in [3.63, 3.8) is 0 Å². The van der Waals surface area contributed by atoms with Gasteiger partial charge in [-0.2, -0.15) is 9.42 Å². The van der Waals surface area contributed by atoms with Crippen molar-refractivity contribution in [2.24, 2.45) is 5.41 Å². The van der Waals surface area contributed by atoms with Gasteiger partial charge in [-0.1, -0.05) is 13.8 Å². The molecular formula is C18H28N4O8P+. The van der Waals surface area contributed by atoms with E-state index >= 15 is 0 Å². The summed E-state index contributed by atoms with van der Waals surface area (Å²) in [5.74, 6) is -1.66. The summed E-state index contributed by atoms with van der Waals surface area (Å²) in [6.45, 7) is 4.90. The fourth-order valence-electron chi connectivity index (χ4n) is 2.57. The Morgan fingerprint density at radius 3 is 2.77 bits per heavy atom. The van der Waals surface area contributed by atoms with Crippen molar-refractivity contribution in [3.05, 3.63) is 24.3 Å². The molecular weight excluding hydrogens is 431 g/mol. The highest BCUT2D eigenvalue weighted by atomic mass is 31.2. The Hall–Kier alpha value is -2.24. The molecule has 1 aromatic heterocycles. The van der Waals surface area contributed by atoms with Crippen molar-refractivity contribution in [1.82, 2.24) is 20.4 Å². The summed E-state index contributed by atoms with van der Waals surface area (Å²) in [7, 11) is -2.49. The molecule has 12 nitrogen and oxygen atoms in total. The number of carbonyl (C=O) groups excluding carboxylic acids is 3. The van der Waals surface area contributed by atoms with Gasteiger partial charge in [-0.3, -0.25) is 24.4 Å². The van der Waals surface area contributed by atoms with E-state index in [-0.39, 0.29) is 26.2 Å². The normalized spacial score (nSPS) is 23.5. The fraction of sp³-hybridized carbons (Fsp3) is 0.611. The molecule has 3 N–H and O–H groups in total. The maximum Gasteiger partial charge on any atom is 0.500 e. The van der Waals surface area contributed by atoms with E-state index in [0.29, 0.717) is 5.69 Å². The van der Waals surface area contributed by atoms with Gasteiger partial charge in [0.2, 0.25) is 0 Å². The number of rotatable bonds is 9. The molecule has 0 bridgehead atoms. The van der Waals surface area contributed by atoms with Gasteiger partial charge in [0.1, 0.15) is 19.3 Å². The maximum absolute atomic E-state index is 12.6. The third-order valence-electron chi connectivity index (χ3n) is 4.35. The van der Waals surface area contributed by atoms with Crippen molar-refractivity contribution in [3.8, 4) is 0 Å². The Bertz CT molecular complexity index is 781. The Balaban J connectivity index is 1.93. The zero-order valence-corrected chi connectivity index (χ0v) is 18.8. The quantitative estimate of drug-likeness (QED) is 0.344. The zero-order valence-electron chi connectivity index (χ0n) is 17.9. The summed E-state index contributed by atoms with van der Waals surface area (Å²) in [4.78, 5) is 54.7. The average molecular weight is 459 g/mol. The van der Waals surface area contributed by atoms with Crippen LogP contribution < -0.4 is 10.4 Å². The minimum absolute atomic E-state index is 0.000733. The number of carbonyl (C=O) groups is 3. The van der Waals surface area contributed by atoms with Gasteiger partial charge in [0, 0.05) is 24.4 Å². The first kappa shape index (κ1) is 25.0. The smallest absolute Gasteiger partial charge is 0.469 e. The van der Waals surface area contributed by atoms with E-state index in [1.165, 1.54) is 32.6 Å². The first-order valence-electron chi connectivity index (χ1n) is 9.55. The van der Waals surface area contributed by atoms with Crippen LogP contribution in [0.2, 0.25) is 0 Å². The van der Waals surface area contributed by atoms with Gasteiger partial charge in [0.15, 0.2) is 6.10 Å². The lowest BCUT2D eigenvalue weighted by Crippen LogP contribution is -2.52. The van der Waals surface area contributed by atoms with Crippen LogP contribution in [0.1, 0.15) is 32.9 Å². The van der Waals surface area contributed by atoms with Gasteiger partial charge in [-0.05, 0) is 6.92 Å². The first-order valence-corrected chi connectivity index (χ1v) is 11.1. The molecule has 2 heterocycles. The summed E-state index contributed by atoms with van der Waals surface area (Å²) in [6, 6.07) is -0.987. The number of esters is 2. The number of nitrogens with one attached hydrogen (secondary N) is 2. The second-order valence-electron chi connectivity index (χ2n) is 7.54. The van der Waals surface area contributed by atoms with Crippen LogP contribution in [-0.2, 0) is 39.5 Å². The first-order chi connectivity index (χ1) is 14.6. The second-order valence-corrected chi connectivity index (χ2v) is 9.31. The molecule has 2 rings (SSSR count). The summed E-state index contributed by atoms with van der Waals surface area (Å²) < 4.78 is 20.7. The van der Waals surface area contributed by atoms with Gasteiger partial charge >= 0.3 is 20.0 Å². The van der Waals surface area contributed by atoms with Crippen LogP contribution >= 0.6 is 8.09 Å². The molecule has 0 spiro atoms. The predicted molar refractivity (Wildman–Crippen MR) is 108 cm³/mol. The van der Waals surface area contributed by atoms with Crippen LogP contribution in [0.15, 0.2) is 18.6 Å². The van der Waals surface area contributed by atoms with Gasteiger partial charge in [-0.25, -0.2) is 0 Å². The van der Waals surface area contributed by atoms with Crippen molar-refractivity contribution in [1.29, 1.82) is 0 Å². The lowest BCUT2D eigenvalue weighted by Gasteiger charge is -2.37. The SMILES string of the molecule is COC(=O)CCNC(=O)[C@@H]1O[P+](O)(N[C@H](C)C(=O)OCc2cnccn2)OCC1(C)C. The fourth-order valence-corrected chi connectivity index (χ4v) is 4.54. The number of nitrogens with zero attached hydrogens (tertiary/aromatic N) is 2. The minimum atomic E-state index is -3.75. The number of methoxy groups -OCH3 is 1. The standard InChI is InChI=1S/C18H27N4O8P/c1-12(17(25)28-10-13-9-19-7-8-20-13)22-31(26)29-11-18(2,3)15(30-31)16(24)21-6-5-14(23)27-4/h7-9,12,15,22,26H,5-6,10-11H2,1-4H3/p+1/t12-,15+,31?/m1/s1. The van der Waals surface area contributed by atoms with E-state index in [1.54, 1.807) is 13.8 Å². The summed E-state index contributed by atoms with van der Waals surface area (Å²) in [6.07, 6.45) is 3.35. The monoisotopic (exact) mass is 459 g/mol. The highest BCUT2D eigenvalue weighted by Crippen LogP contribution is 2.60. The molecule has 31 heavy (non-hydrogen) atoms. The van der Waals surface area contributed by atoms with E-state index in [0.717, 1.165) is 0 Å². The molecule has 0 radical (unpaired) electrons. The Morgan fingerprint density at radius 1 is 1.39 bits per heavy atom. The van der Waals surface area contributed by atoms with Crippen molar-refractivity contribution >= 4 is 25.9 Å². The molecule has 0 saturated carbocycles. The van der Waals surface area contributed by atoms with Crippen molar-refractivity contribution in [2.45, 2.75) is 45.9 Å². The average Bonchev–Trinajstić information content (AvgIpc) is 2.74. The molecule has 3 atom stereocenters. The Labute approximate surface area is 180 Å². The molecule has 1 saturated heterocycles. The molecule has 1 unspecified atom stereocenters. The topological polar surface area (TPSA) is 158 Å². The largest absolute Gasteiger partial charge is 0.500 e. The number of amides is 1. The minimum Gasteiger partial charge on any atom is -0.469 e. The molecule has 1 fully saturated rings. The third-order valence-corrected chi connectivity index (χ3v) is 6.04. The van der Waals surface area contributed by atoms with E-state index in [2.05, 4.69) is 25.1 Å². The maximum atomic E-state index is 12.6. The number of hydrogen-bond donors (Lipinski definition) is 3. The van der Waals surface area contributed by atoms with Gasteiger partial charge in [0.05, 0.1) is 25.4 Å². The van der Waals surface area contributed by atoms with E-state index in [4.69, 9.17) is 13.8 Å². The van der Waals surface area contributed by atoms with Gasteiger partial charge < -0.3 is 14.8 Å². The molecule has 0 aliphatic carbocycles. The summed E-state index contributed by atoms with van der Waals surface area (Å²) in [5, 5.41) is 5.17. The molecule has 1 aliphatic rings. The van der Waals surface area contributed by atoms with Crippen LogP contribution in [0.5, 0.6) is 0 Å². The number of aromatic nitrogens is 2. The van der Waals surface area contributed by atoms with Gasteiger partial charge in [-0.15, -0.1) is 9.61 Å². The molecule has 1 aromatic rings. The molecule has 1 amide bonds. The Kier molecular flexibility index (Phi) is 8.78. The van der Waals surface area contributed by atoms with Crippen molar-refractivity contribution < 1.29 is 37.8 Å². The summed E-state index contributed by atoms with van der Waals surface area (Å²) >= 11 is 0. The zero-order chi connectivity index (χ0) is 23.1. The predicted octanol–water partition coefficient (Wildman–Crippen LogP) is 0.289. The number of ether oxygens (including phenoxy) is 2. The molecule has 172 valence electrons. The third kappa shape index (κ3) is 7.44.